The van der Waals surface area contributed by atoms with Gasteiger partial charge in [-0.15, -0.1) is 0 Å². The van der Waals surface area contributed by atoms with Crippen molar-refractivity contribution in [2.24, 2.45) is 17.8 Å². The normalized spacial score (nSPS) is 32.8. The first kappa shape index (κ1) is 18.4. The van der Waals surface area contributed by atoms with Crippen molar-refractivity contribution in [3.8, 4) is 0 Å². The highest BCUT2D eigenvalue weighted by Gasteiger charge is 2.46. The number of nitrogens with zero attached hydrogens (tertiary/aromatic N) is 1. The Morgan fingerprint density at radius 2 is 2.04 bits per heavy atom. The first-order valence-corrected chi connectivity index (χ1v) is 11.5. The van der Waals surface area contributed by atoms with E-state index in [0.717, 1.165) is 30.6 Å². The largest absolute Gasteiger partial charge is 0.349 e. The molecule has 1 spiro atoms. The van der Waals surface area contributed by atoms with Crippen LogP contribution in [0.1, 0.15) is 73.3 Å². The third kappa shape index (κ3) is 3.22. The maximum atomic E-state index is 12.3. The fraction of sp³-hybridized carbons (Fsp3) is 0.640. The van der Waals surface area contributed by atoms with Gasteiger partial charge in [-0.25, -0.2) is 0 Å². The Morgan fingerprint density at radius 3 is 2.75 bits per heavy atom. The molecule has 1 aromatic rings. The topological polar surface area (TPSA) is 32.3 Å². The minimum atomic E-state index is 0. The van der Waals surface area contributed by atoms with Crippen molar-refractivity contribution in [2.75, 3.05) is 19.6 Å². The number of fused-ring (bicyclic) bond motifs is 4. The number of carbonyl (C=O) groups excluding carboxylic acids is 1. The Balaban J connectivity index is 0.00000114. The summed E-state index contributed by atoms with van der Waals surface area (Å²) in [6.07, 6.45) is 12.9. The molecule has 0 aromatic heterocycles. The molecule has 1 saturated heterocycles. The van der Waals surface area contributed by atoms with Crippen LogP contribution in [0.2, 0.25) is 0 Å². The van der Waals surface area contributed by atoms with Gasteiger partial charge in [0, 0.05) is 22.7 Å². The molecule has 1 amide bonds. The number of likely N-dealkylation sites (tertiary alicyclic amines) is 1. The Labute approximate surface area is 174 Å². The van der Waals surface area contributed by atoms with Gasteiger partial charge in [-0.3, -0.25) is 4.79 Å². The lowest BCUT2D eigenvalue weighted by atomic mass is 9.73. The van der Waals surface area contributed by atoms with Crippen LogP contribution in [-0.4, -0.2) is 30.4 Å². The Morgan fingerprint density at radius 1 is 1.21 bits per heavy atom. The van der Waals surface area contributed by atoms with Crippen LogP contribution in [-0.2, 0) is 10.2 Å². The lowest BCUT2D eigenvalue weighted by Crippen LogP contribution is -2.44. The summed E-state index contributed by atoms with van der Waals surface area (Å²) in [4.78, 5) is 15.0. The van der Waals surface area contributed by atoms with Crippen molar-refractivity contribution in [2.45, 2.75) is 63.3 Å². The molecule has 156 valence electrons. The van der Waals surface area contributed by atoms with E-state index < -0.39 is 0 Å². The molecule has 1 aliphatic heterocycles. The maximum absolute atomic E-state index is 12.3. The lowest BCUT2D eigenvalue weighted by molar-refractivity contribution is -0.121. The van der Waals surface area contributed by atoms with Gasteiger partial charge in [-0.1, -0.05) is 43.3 Å². The highest BCUT2D eigenvalue weighted by Crippen LogP contribution is 2.51. The molecule has 0 radical (unpaired) electrons. The number of amides is 1. The van der Waals surface area contributed by atoms with Gasteiger partial charge in [0.2, 0.25) is 5.91 Å². The van der Waals surface area contributed by atoms with Gasteiger partial charge in [0.05, 0.1) is 6.04 Å². The molecule has 3 aliphatic carbocycles. The van der Waals surface area contributed by atoms with Crippen molar-refractivity contribution in [3.63, 3.8) is 0 Å². The van der Waals surface area contributed by atoms with E-state index in [1.165, 1.54) is 56.4 Å². The molecule has 2 bridgehead atoms. The molecule has 1 saturated carbocycles. The third-order valence-electron chi connectivity index (χ3n) is 8.04. The first-order valence-electron chi connectivity index (χ1n) is 11.5. The highest BCUT2D eigenvalue weighted by molar-refractivity contribution is 5.76. The molecule has 5 rings (SSSR count). The van der Waals surface area contributed by atoms with E-state index in [-0.39, 0.29) is 21.6 Å². The summed E-state index contributed by atoms with van der Waals surface area (Å²) >= 11 is 0. The molecule has 4 atom stereocenters. The van der Waals surface area contributed by atoms with Crippen LogP contribution in [0.4, 0.5) is 0 Å². The fourth-order valence-electron chi connectivity index (χ4n) is 6.59. The van der Waals surface area contributed by atoms with Crippen molar-refractivity contribution in [3.05, 3.63) is 47.5 Å². The zero-order valence-corrected chi connectivity index (χ0v) is 17.2. The minimum Gasteiger partial charge on any atom is -0.349 e. The monoisotopic (exact) mass is 384 g/mol. The standard InChI is InChI=1S/C25H34N2O.3H2/c1-2-5-24(28)26-23-16-25(22-7-4-3-6-21(22)23)10-12-27(13-11-25)17-20-15-18-8-9-19(20)14-18;;;/h3-4,6-9,18-20,23H,2,5,10-17H2,1H3,(H,26,28);3*1H/t18-,19?,20-,23-;;;/m0.../s1. The summed E-state index contributed by atoms with van der Waals surface area (Å²) in [5, 5.41) is 3.34. The van der Waals surface area contributed by atoms with Gasteiger partial charge >= 0.3 is 0 Å². The molecule has 1 N–H and O–H groups in total. The molecule has 1 aromatic carbocycles. The summed E-state index contributed by atoms with van der Waals surface area (Å²) in [5.74, 6) is 2.83. The van der Waals surface area contributed by atoms with E-state index in [1.807, 2.05) is 0 Å². The quantitative estimate of drug-likeness (QED) is 0.696. The zero-order valence-electron chi connectivity index (χ0n) is 17.2. The smallest absolute Gasteiger partial charge is 0.220 e. The van der Waals surface area contributed by atoms with E-state index in [2.05, 4.69) is 53.6 Å². The number of hydrogen-bond donors (Lipinski definition) is 1. The number of rotatable bonds is 5. The van der Waals surface area contributed by atoms with E-state index in [0.29, 0.717) is 6.42 Å². The average molecular weight is 385 g/mol. The number of piperidine rings is 1. The SMILES string of the molecule is CCCC(=O)N[C@H]1CC2(CCN(C[C@@H]3C[C@H]4C=CC3C4)CC2)c2ccccc21.[HH].[HH].[HH]. The molecule has 1 heterocycles. The van der Waals surface area contributed by atoms with E-state index in [4.69, 9.17) is 0 Å². The van der Waals surface area contributed by atoms with Crippen molar-refractivity contribution < 1.29 is 9.07 Å². The van der Waals surface area contributed by atoms with Gasteiger partial charge in [0.1, 0.15) is 0 Å². The first-order chi connectivity index (χ1) is 13.7. The predicted molar refractivity (Wildman–Crippen MR) is 119 cm³/mol. The molecule has 1 unspecified atom stereocenters. The second kappa shape index (κ2) is 7.33. The summed E-state index contributed by atoms with van der Waals surface area (Å²) in [6.45, 7) is 5.79. The van der Waals surface area contributed by atoms with Crippen molar-refractivity contribution in [1.82, 2.24) is 10.2 Å². The van der Waals surface area contributed by atoms with Gasteiger partial charge in [0.25, 0.3) is 0 Å². The molecule has 3 nitrogen and oxygen atoms in total. The van der Waals surface area contributed by atoms with Crippen LogP contribution < -0.4 is 5.32 Å². The summed E-state index contributed by atoms with van der Waals surface area (Å²) in [5.41, 5.74) is 3.16. The van der Waals surface area contributed by atoms with Gasteiger partial charge in [-0.2, -0.15) is 0 Å². The number of hydrogen-bond acceptors (Lipinski definition) is 2. The maximum Gasteiger partial charge on any atom is 0.220 e. The average Bonchev–Trinajstić information content (AvgIpc) is 3.39. The minimum absolute atomic E-state index is 0. The van der Waals surface area contributed by atoms with Crippen LogP contribution in [0.25, 0.3) is 0 Å². The second-order valence-electron chi connectivity index (χ2n) is 9.78. The summed E-state index contributed by atoms with van der Waals surface area (Å²) < 4.78 is 0. The molecule has 2 fully saturated rings. The third-order valence-corrected chi connectivity index (χ3v) is 8.04. The number of carbonyl (C=O) groups is 1. The van der Waals surface area contributed by atoms with E-state index >= 15 is 0 Å². The molecular formula is C25H40N2O. The summed E-state index contributed by atoms with van der Waals surface area (Å²) in [7, 11) is 0. The number of nitrogens with one attached hydrogen (secondary N) is 1. The molecule has 28 heavy (non-hydrogen) atoms. The molecule has 3 heteroatoms. The highest BCUT2D eigenvalue weighted by atomic mass is 16.1. The lowest BCUT2D eigenvalue weighted by Gasteiger charge is -2.41. The van der Waals surface area contributed by atoms with Crippen LogP contribution in [0.3, 0.4) is 0 Å². The Kier molecular flexibility index (Phi) is 4.82. The van der Waals surface area contributed by atoms with E-state index in [9.17, 15) is 4.79 Å². The van der Waals surface area contributed by atoms with Crippen LogP contribution in [0.5, 0.6) is 0 Å². The number of benzene rings is 1. The van der Waals surface area contributed by atoms with Crippen molar-refractivity contribution >= 4 is 5.91 Å². The van der Waals surface area contributed by atoms with E-state index in [1.54, 1.807) is 0 Å². The number of allylic oxidation sites excluding steroid dienone is 2. The van der Waals surface area contributed by atoms with Crippen LogP contribution >= 0.6 is 0 Å². The van der Waals surface area contributed by atoms with Gasteiger partial charge in [0.15, 0.2) is 0 Å². The molecular weight excluding hydrogens is 344 g/mol. The van der Waals surface area contributed by atoms with Crippen LogP contribution in [0.15, 0.2) is 36.4 Å². The van der Waals surface area contributed by atoms with Gasteiger partial charge < -0.3 is 10.2 Å². The summed E-state index contributed by atoms with van der Waals surface area (Å²) in [6, 6.07) is 9.10. The second-order valence-corrected chi connectivity index (χ2v) is 9.78. The predicted octanol–water partition coefficient (Wildman–Crippen LogP) is 5.33. The Hall–Kier alpha value is -1.61. The van der Waals surface area contributed by atoms with Crippen LogP contribution in [0, 0.1) is 17.8 Å². The van der Waals surface area contributed by atoms with Gasteiger partial charge in [-0.05, 0) is 80.5 Å². The fourth-order valence-corrected chi connectivity index (χ4v) is 6.59. The van der Waals surface area contributed by atoms with Crippen molar-refractivity contribution in [1.29, 1.82) is 0 Å². The Bertz CT molecular complexity index is 776. The molecule has 4 aliphatic rings. The zero-order chi connectivity index (χ0) is 19.1.